The van der Waals surface area contributed by atoms with E-state index in [1.54, 1.807) is 0 Å². The third-order valence-electron chi connectivity index (χ3n) is 3.69. The number of unbranched alkanes of at least 4 members (excludes halogenated alkanes) is 1. The van der Waals surface area contributed by atoms with Gasteiger partial charge in [-0.2, -0.15) is 0 Å². The van der Waals surface area contributed by atoms with Crippen LogP contribution in [0.4, 0.5) is 4.39 Å². The molecule has 1 aromatic carbocycles. The highest BCUT2D eigenvalue weighted by Crippen LogP contribution is 2.25. The molecule has 2 nitrogen and oxygen atoms in total. The molecule has 0 aliphatic carbocycles. The van der Waals surface area contributed by atoms with E-state index in [9.17, 15) is 9.18 Å². The molecule has 104 valence electrons. The Hall–Kier alpha value is -1.09. The van der Waals surface area contributed by atoms with E-state index in [2.05, 4.69) is 6.92 Å². The van der Waals surface area contributed by atoms with Gasteiger partial charge >= 0.3 is 0 Å². The first kappa shape index (κ1) is 14.3. The van der Waals surface area contributed by atoms with E-state index in [1.165, 1.54) is 18.2 Å². The van der Waals surface area contributed by atoms with E-state index >= 15 is 0 Å². The first-order valence-corrected chi connectivity index (χ1v) is 7.27. The molecule has 1 saturated heterocycles. The largest absolute Gasteiger partial charge is 0.336 e. The van der Waals surface area contributed by atoms with Gasteiger partial charge in [0.05, 0.1) is 5.56 Å². The summed E-state index contributed by atoms with van der Waals surface area (Å²) in [5.74, 6) is -0.714. The third-order valence-corrected chi connectivity index (χ3v) is 3.92. The van der Waals surface area contributed by atoms with E-state index in [0.717, 1.165) is 38.6 Å². The molecule has 0 N–H and O–H groups in total. The maximum atomic E-state index is 13.7. The van der Waals surface area contributed by atoms with Crippen LogP contribution in [0.2, 0.25) is 5.02 Å². The van der Waals surface area contributed by atoms with Crippen molar-refractivity contribution in [1.82, 2.24) is 4.90 Å². The summed E-state index contributed by atoms with van der Waals surface area (Å²) in [6.07, 6.45) is 5.25. The summed E-state index contributed by atoms with van der Waals surface area (Å²) >= 11 is 5.85. The number of hydrogen-bond donors (Lipinski definition) is 0. The molecule has 1 aromatic rings. The van der Waals surface area contributed by atoms with E-state index in [-0.39, 0.29) is 17.5 Å². The molecule has 0 aromatic heterocycles. The molecular weight excluding hydrogens is 265 g/mol. The fourth-order valence-corrected chi connectivity index (χ4v) is 2.83. The maximum absolute atomic E-state index is 13.7. The van der Waals surface area contributed by atoms with Crippen molar-refractivity contribution in [3.05, 3.63) is 34.6 Å². The molecule has 1 unspecified atom stereocenters. The van der Waals surface area contributed by atoms with Crippen molar-refractivity contribution in [2.24, 2.45) is 0 Å². The number of rotatable bonds is 4. The summed E-state index contributed by atoms with van der Waals surface area (Å²) in [7, 11) is 0. The van der Waals surface area contributed by atoms with Gasteiger partial charge in [-0.3, -0.25) is 4.79 Å². The lowest BCUT2D eigenvalue weighted by Gasteiger charge is -2.25. The van der Waals surface area contributed by atoms with Crippen molar-refractivity contribution < 1.29 is 9.18 Å². The zero-order valence-corrected chi connectivity index (χ0v) is 11.9. The minimum Gasteiger partial charge on any atom is -0.336 e. The predicted molar refractivity (Wildman–Crippen MR) is 75.0 cm³/mol. The van der Waals surface area contributed by atoms with Crippen molar-refractivity contribution in [2.75, 3.05) is 6.54 Å². The Bertz CT molecular complexity index is 463. The average molecular weight is 284 g/mol. The van der Waals surface area contributed by atoms with Crippen LogP contribution in [0, 0.1) is 5.82 Å². The standard InChI is InChI=1S/C15H19ClFNO/c1-2-3-5-12-6-4-9-18(12)15(19)13-10-11(16)7-8-14(13)17/h7-8,10,12H,2-6,9H2,1H3. The number of carbonyl (C=O) groups excluding carboxylic acids is 1. The van der Waals surface area contributed by atoms with Crippen LogP contribution in [0.15, 0.2) is 18.2 Å². The van der Waals surface area contributed by atoms with Gasteiger partial charge in [-0.05, 0) is 37.5 Å². The monoisotopic (exact) mass is 283 g/mol. The van der Waals surface area contributed by atoms with Crippen molar-refractivity contribution >= 4 is 17.5 Å². The number of nitrogens with zero attached hydrogens (tertiary/aromatic N) is 1. The molecule has 19 heavy (non-hydrogen) atoms. The van der Waals surface area contributed by atoms with Crippen LogP contribution in [0.5, 0.6) is 0 Å². The molecule has 1 atom stereocenters. The molecule has 1 fully saturated rings. The van der Waals surface area contributed by atoms with Crippen LogP contribution in [-0.2, 0) is 0 Å². The van der Waals surface area contributed by atoms with Gasteiger partial charge < -0.3 is 4.90 Å². The van der Waals surface area contributed by atoms with Crippen LogP contribution < -0.4 is 0 Å². The van der Waals surface area contributed by atoms with Crippen LogP contribution in [0.25, 0.3) is 0 Å². The fraction of sp³-hybridized carbons (Fsp3) is 0.533. The normalized spacial score (nSPS) is 18.9. The van der Waals surface area contributed by atoms with Crippen LogP contribution in [0.1, 0.15) is 49.4 Å². The Labute approximate surface area is 118 Å². The van der Waals surface area contributed by atoms with Gasteiger partial charge in [-0.15, -0.1) is 0 Å². The van der Waals surface area contributed by atoms with Gasteiger partial charge in [0.15, 0.2) is 0 Å². The number of amides is 1. The van der Waals surface area contributed by atoms with E-state index in [1.807, 2.05) is 4.90 Å². The number of halogens is 2. The highest BCUT2D eigenvalue weighted by atomic mass is 35.5. The summed E-state index contributed by atoms with van der Waals surface area (Å²) in [4.78, 5) is 14.2. The first-order valence-electron chi connectivity index (χ1n) is 6.89. The molecule has 0 spiro atoms. The summed E-state index contributed by atoms with van der Waals surface area (Å²) < 4.78 is 13.7. The molecule has 1 heterocycles. The molecule has 2 rings (SSSR count). The SMILES string of the molecule is CCCCC1CCCN1C(=O)c1cc(Cl)ccc1F. The maximum Gasteiger partial charge on any atom is 0.257 e. The van der Waals surface area contributed by atoms with Gasteiger partial charge in [0.2, 0.25) is 0 Å². The average Bonchev–Trinajstić information content (AvgIpc) is 2.86. The summed E-state index contributed by atoms with van der Waals surface area (Å²) in [5, 5.41) is 0.397. The molecular formula is C15H19ClFNO. The van der Waals surface area contributed by atoms with Gasteiger partial charge in [0.1, 0.15) is 5.82 Å². The lowest BCUT2D eigenvalue weighted by atomic mass is 10.1. The minimum atomic E-state index is -0.490. The van der Waals surface area contributed by atoms with Crippen LogP contribution >= 0.6 is 11.6 Å². The van der Waals surface area contributed by atoms with Crippen LogP contribution in [0.3, 0.4) is 0 Å². The highest BCUT2D eigenvalue weighted by molar-refractivity contribution is 6.31. The number of hydrogen-bond acceptors (Lipinski definition) is 1. The summed E-state index contributed by atoms with van der Waals surface area (Å²) in [5.41, 5.74) is 0.0934. The Morgan fingerprint density at radius 3 is 3.05 bits per heavy atom. The lowest BCUT2D eigenvalue weighted by molar-refractivity contribution is 0.0724. The summed E-state index contributed by atoms with van der Waals surface area (Å²) in [6.45, 7) is 2.86. The van der Waals surface area contributed by atoms with E-state index in [4.69, 9.17) is 11.6 Å². The second-order valence-corrected chi connectivity index (χ2v) is 5.50. The Kier molecular flexibility index (Phi) is 4.81. The van der Waals surface area contributed by atoms with E-state index in [0.29, 0.717) is 5.02 Å². The number of benzene rings is 1. The molecule has 4 heteroatoms. The Morgan fingerprint density at radius 2 is 2.32 bits per heavy atom. The highest BCUT2D eigenvalue weighted by Gasteiger charge is 2.30. The van der Waals surface area contributed by atoms with Crippen molar-refractivity contribution in [3.63, 3.8) is 0 Å². The molecule has 0 radical (unpaired) electrons. The molecule has 1 amide bonds. The predicted octanol–water partition coefficient (Wildman–Crippen LogP) is 4.27. The van der Waals surface area contributed by atoms with Gasteiger partial charge in [-0.1, -0.05) is 31.4 Å². The fourth-order valence-electron chi connectivity index (χ4n) is 2.66. The van der Waals surface area contributed by atoms with E-state index < -0.39 is 5.82 Å². The molecule has 0 saturated carbocycles. The topological polar surface area (TPSA) is 20.3 Å². The Morgan fingerprint density at radius 1 is 1.53 bits per heavy atom. The van der Waals surface area contributed by atoms with Crippen molar-refractivity contribution in [3.8, 4) is 0 Å². The third kappa shape index (κ3) is 3.27. The van der Waals surface area contributed by atoms with Crippen LogP contribution in [-0.4, -0.2) is 23.4 Å². The second kappa shape index (κ2) is 6.38. The molecule has 1 aliphatic rings. The minimum absolute atomic E-state index is 0.0934. The molecule has 0 bridgehead atoms. The number of likely N-dealkylation sites (tertiary alicyclic amines) is 1. The second-order valence-electron chi connectivity index (χ2n) is 5.06. The smallest absolute Gasteiger partial charge is 0.257 e. The van der Waals surface area contributed by atoms with Gasteiger partial charge in [0, 0.05) is 17.6 Å². The lowest BCUT2D eigenvalue weighted by Crippen LogP contribution is -2.36. The first-order chi connectivity index (χ1) is 9.13. The van der Waals surface area contributed by atoms with Crippen molar-refractivity contribution in [2.45, 2.75) is 45.1 Å². The van der Waals surface area contributed by atoms with Gasteiger partial charge in [-0.25, -0.2) is 4.39 Å². The Balaban J connectivity index is 2.16. The zero-order chi connectivity index (χ0) is 13.8. The number of carbonyl (C=O) groups is 1. The van der Waals surface area contributed by atoms with Crippen molar-refractivity contribution in [1.29, 1.82) is 0 Å². The summed E-state index contributed by atoms with van der Waals surface area (Å²) in [6, 6.07) is 4.40. The molecule has 1 aliphatic heterocycles. The van der Waals surface area contributed by atoms with Gasteiger partial charge in [0.25, 0.3) is 5.91 Å². The quantitative estimate of drug-likeness (QED) is 0.808. The zero-order valence-electron chi connectivity index (χ0n) is 11.2.